The van der Waals surface area contributed by atoms with Crippen LogP contribution in [-0.2, 0) is 11.2 Å². The van der Waals surface area contributed by atoms with Crippen LogP contribution in [0, 0.1) is 0 Å². The lowest BCUT2D eigenvalue weighted by Gasteiger charge is -2.18. The molecule has 1 atom stereocenters. The Morgan fingerprint density at radius 2 is 2.42 bits per heavy atom. The van der Waals surface area contributed by atoms with E-state index in [9.17, 15) is 4.79 Å². The van der Waals surface area contributed by atoms with E-state index in [1.165, 1.54) is 0 Å². The molecular formula is C17H25N7O2. The molecule has 1 unspecified atom stereocenters. The van der Waals surface area contributed by atoms with Crippen molar-refractivity contribution in [3.05, 3.63) is 24.2 Å². The van der Waals surface area contributed by atoms with Crippen molar-refractivity contribution in [2.24, 2.45) is 4.99 Å². The predicted octanol–water partition coefficient (Wildman–Crippen LogP) is 0.783. The number of H-pyrrole nitrogens is 1. The maximum absolute atomic E-state index is 11.8. The quantitative estimate of drug-likeness (QED) is 0.519. The molecular weight excluding hydrogens is 334 g/mol. The molecule has 1 aliphatic heterocycles. The number of guanidine groups is 1. The first-order chi connectivity index (χ1) is 12.7. The third kappa shape index (κ3) is 4.41. The molecule has 0 radical (unpaired) electrons. The molecule has 1 fully saturated rings. The summed E-state index contributed by atoms with van der Waals surface area (Å²) in [5.74, 6) is 2.91. The second-order valence-corrected chi connectivity index (χ2v) is 6.16. The molecule has 3 rings (SSSR count). The van der Waals surface area contributed by atoms with Gasteiger partial charge in [0.05, 0.1) is 6.26 Å². The van der Waals surface area contributed by atoms with E-state index in [0.29, 0.717) is 31.0 Å². The summed E-state index contributed by atoms with van der Waals surface area (Å²) >= 11 is 0. The maximum atomic E-state index is 11.8. The number of furan rings is 1. The molecule has 0 aromatic carbocycles. The maximum Gasteiger partial charge on any atom is 0.222 e. The fourth-order valence-corrected chi connectivity index (χ4v) is 2.94. The zero-order valence-corrected chi connectivity index (χ0v) is 15.2. The number of nitrogens with zero attached hydrogens (tertiary/aromatic N) is 4. The summed E-state index contributed by atoms with van der Waals surface area (Å²) < 4.78 is 5.28. The summed E-state index contributed by atoms with van der Waals surface area (Å²) in [7, 11) is 1.74. The van der Waals surface area contributed by atoms with Crippen LogP contribution >= 0.6 is 0 Å². The number of rotatable bonds is 6. The monoisotopic (exact) mass is 359 g/mol. The van der Waals surface area contributed by atoms with E-state index in [4.69, 9.17) is 4.42 Å². The van der Waals surface area contributed by atoms with Gasteiger partial charge in [0, 0.05) is 45.6 Å². The molecule has 1 amide bonds. The first kappa shape index (κ1) is 18.0. The van der Waals surface area contributed by atoms with E-state index in [0.717, 1.165) is 31.3 Å². The Labute approximate surface area is 152 Å². The molecule has 26 heavy (non-hydrogen) atoms. The van der Waals surface area contributed by atoms with Crippen molar-refractivity contribution in [3.63, 3.8) is 0 Å². The topological polar surface area (TPSA) is 111 Å². The van der Waals surface area contributed by atoms with Crippen molar-refractivity contribution in [2.75, 3.05) is 26.7 Å². The highest BCUT2D eigenvalue weighted by Crippen LogP contribution is 2.14. The van der Waals surface area contributed by atoms with Crippen molar-refractivity contribution in [1.82, 2.24) is 30.7 Å². The van der Waals surface area contributed by atoms with Gasteiger partial charge in [-0.15, -0.1) is 0 Å². The molecule has 9 heteroatoms. The Balaban J connectivity index is 1.43. The number of likely N-dealkylation sites (tertiary alicyclic amines) is 1. The van der Waals surface area contributed by atoms with Gasteiger partial charge in [0.25, 0.3) is 0 Å². The second kappa shape index (κ2) is 8.50. The van der Waals surface area contributed by atoms with Crippen molar-refractivity contribution in [2.45, 2.75) is 32.2 Å². The third-order valence-electron chi connectivity index (χ3n) is 4.34. The molecule has 140 valence electrons. The minimum Gasteiger partial charge on any atom is -0.461 e. The second-order valence-electron chi connectivity index (χ2n) is 6.16. The molecule has 0 spiro atoms. The van der Waals surface area contributed by atoms with Crippen LogP contribution in [0.4, 0.5) is 0 Å². The summed E-state index contributed by atoms with van der Waals surface area (Å²) in [6, 6.07) is 3.86. The van der Waals surface area contributed by atoms with Crippen LogP contribution in [0.15, 0.2) is 27.8 Å². The lowest BCUT2D eigenvalue weighted by Crippen LogP contribution is -2.45. The molecule has 3 N–H and O–H groups in total. The van der Waals surface area contributed by atoms with Gasteiger partial charge in [-0.2, -0.15) is 5.10 Å². The Bertz CT molecular complexity index is 738. The van der Waals surface area contributed by atoms with E-state index >= 15 is 0 Å². The number of carbonyl (C=O) groups excluding carboxylic acids is 1. The molecule has 3 heterocycles. The Kier molecular flexibility index (Phi) is 5.88. The van der Waals surface area contributed by atoms with Gasteiger partial charge in [0.2, 0.25) is 11.7 Å². The molecule has 1 saturated heterocycles. The van der Waals surface area contributed by atoms with Crippen LogP contribution in [0.1, 0.15) is 25.6 Å². The van der Waals surface area contributed by atoms with Gasteiger partial charge >= 0.3 is 0 Å². The average molecular weight is 359 g/mol. The number of nitrogens with one attached hydrogen (secondary N) is 3. The normalized spacial score (nSPS) is 17.5. The van der Waals surface area contributed by atoms with E-state index in [-0.39, 0.29) is 11.9 Å². The molecule has 0 saturated carbocycles. The van der Waals surface area contributed by atoms with E-state index in [1.807, 2.05) is 17.9 Å². The fraction of sp³-hybridized carbons (Fsp3) is 0.529. The van der Waals surface area contributed by atoms with Crippen LogP contribution < -0.4 is 10.6 Å². The molecule has 0 bridgehead atoms. The first-order valence-electron chi connectivity index (χ1n) is 8.89. The van der Waals surface area contributed by atoms with E-state index in [2.05, 4.69) is 30.8 Å². The first-order valence-corrected chi connectivity index (χ1v) is 8.89. The van der Waals surface area contributed by atoms with Crippen LogP contribution in [0.5, 0.6) is 0 Å². The van der Waals surface area contributed by atoms with Gasteiger partial charge in [-0.3, -0.25) is 14.9 Å². The van der Waals surface area contributed by atoms with Gasteiger partial charge in [0.15, 0.2) is 11.7 Å². The van der Waals surface area contributed by atoms with Crippen molar-refractivity contribution >= 4 is 11.9 Å². The smallest absolute Gasteiger partial charge is 0.222 e. The Morgan fingerprint density at radius 1 is 1.54 bits per heavy atom. The largest absolute Gasteiger partial charge is 0.461 e. The molecule has 0 aliphatic carbocycles. The van der Waals surface area contributed by atoms with Crippen LogP contribution in [0.3, 0.4) is 0 Å². The van der Waals surface area contributed by atoms with Crippen LogP contribution in [-0.4, -0.2) is 64.7 Å². The van der Waals surface area contributed by atoms with Gasteiger partial charge in [0.1, 0.15) is 5.82 Å². The summed E-state index contributed by atoms with van der Waals surface area (Å²) in [6.45, 7) is 4.08. The fourth-order valence-electron chi connectivity index (χ4n) is 2.94. The standard InChI is InChI=1S/C17H25N7O2/c1-3-15(25)24-9-7-12(11-24)20-17(18-2)19-8-6-14-21-16(23-22-14)13-5-4-10-26-13/h4-5,10,12H,3,6-9,11H2,1-2H3,(H2,18,19,20)(H,21,22,23). The zero-order chi connectivity index (χ0) is 18.4. The minimum atomic E-state index is 0.204. The molecule has 2 aromatic heterocycles. The molecule has 1 aliphatic rings. The molecule has 2 aromatic rings. The number of aromatic nitrogens is 3. The highest BCUT2D eigenvalue weighted by Gasteiger charge is 2.25. The predicted molar refractivity (Wildman–Crippen MR) is 97.6 cm³/mol. The Morgan fingerprint density at radius 3 is 3.15 bits per heavy atom. The molecule has 9 nitrogen and oxygen atoms in total. The lowest BCUT2D eigenvalue weighted by molar-refractivity contribution is -0.129. The van der Waals surface area contributed by atoms with Gasteiger partial charge in [-0.1, -0.05) is 6.92 Å². The van der Waals surface area contributed by atoms with Gasteiger partial charge in [-0.05, 0) is 18.6 Å². The summed E-state index contributed by atoms with van der Waals surface area (Å²) in [6.07, 6.45) is 3.76. The van der Waals surface area contributed by atoms with E-state index < -0.39 is 0 Å². The number of hydrogen-bond acceptors (Lipinski definition) is 5. The SMILES string of the molecule is CCC(=O)N1CCC(NC(=NC)NCCc2nc(-c3ccco3)n[nH]2)C1. The van der Waals surface area contributed by atoms with Crippen molar-refractivity contribution in [3.8, 4) is 11.6 Å². The summed E-state index contributed by atoms with van der Waals surface area (Å²) in [5, 5.41) is 13.7. The summed E-state index contributed by atoms with van der Waals surface area (Å²) in [5.41, 5.74) is 0. The zero-order valence-electron chi connectivity index (χ0n) is 15.2. The number of carbonyl (C=O) groups is 1. The van der Waals surface area contributed by atoms with Crippen molar-refractivity contribution in [1.29, 1.82) is 0 Å². The van der Waals surface area contributed by atoms with E-state index in [1.54, 1.807) is 19.4 Å². The van der Waals surface area contributed by atoms with Crippen molar-refractivity contribution < 1.29 is 9.21 Å². The highest BCUT2D eigenvalue weighted by molar-refractivity contribution is 5.80. The third-order valence-corrected chi connectivity index (χ3v) is 4.34. The van der Waals surface area contributed by atoms with Gasteiger partial charge < -0.3 is 20.0 Å². The van der Waals surface area contributed by atoms with Crippen LogP contribution in [0.25, 0.3) is 11.6 Å². The van der Waals surface area contributed by atoms with Crippen LogP contribution in [0.2, 0.25) is 0 Å². The number of hydrogen-bond donors (Lipinski definition) is 3. The number of amides is 1. The lowest BCUT2D eigenvalue weighted by atomic mass is 10.3. The summed E-state index contributed by atoms with van der Waals surface area (Å²) in [4.78, 5) is 22.3. The highest BCUT2D eigenvalue weighted by atomic mass is 16.3. The van der Waals surface area contributed by atoms with Gasteiger partial charge in [-0.25, -0.2) is 4.98 Å². The number of aliphatic imine (C=N–C) groups is 1. The minimum absolute atomic E-state index is 0.204. The average Bonchev–Trinajstić information content (AvgIpc) is 3.40. The Hall–Kier alpha value is -2.84. The number of aromatic amines is 1.